The Balaban J connectivity index is 1.48. The molecule has 0 N–H and O–H groups in total. The molecular formula is C28H26O4. The fourth-order valence-corrected chi connectivity index (χ4v) is 3.38. The minimum Gasteiger partial charge on any atom is -0.497 e. The van der Waals surface area contributed by atoms with Crippen molar-refractivity contribution in [1.29, 1.82) is 0 Å². The normalized spacial score (nSPS) is 10.4. The van der Waals surface area contributed by atoms with Crippen LogP contribution in [-0.2, 0) is 13.0 Å². The first-order valence-electron chi connectivity index (χ1n) is 10.5. The lowest BCUT2D eigenvalue weighted by atomic mass is 10.0. The summed E-state index contributed by atoms with van der Waals surface area (Å²) in [6, 6.07) is 31.7. The number of benzene rings is 4. The van der Waals surface area contributed by atoms with E-state index in [-0.39, 0.29) is 0 Å². The molecule has 0 unspecified atom stereocenters. The van der Waals surface area contributed by atoms with Crippen LogP contribution in [0.15, 0.2) is 97.1 Å². The Morgan fingerprint density at radius 3 is 1.97 bits per heavy atom. The lowest BCUT2D eigenvalue weighted by Crippen LogP contribution is -1.97. The molecule has 4 aromatic rings. The highest BCUT2D eigenvalue weighted by Gasteiger charge is 2.10. The van der Waals surface area contributed by atoms with Crippen LogP contribution in [0.4, 0.5) is 0 Å². The first-order chi connectivity index (χ1) is 15.7. The molecule has 0 aliphatic heterocycles. The van der Waals surface area contributed by atoms with E-state index in [1.54, 1.807) is 14.2 Å². The fourth-order valence-electron chi connectivity index (χ4n) is 3.38. The molecule has 4 heteroatoms. The summed E-state index contributed by atoms with van der Waals surface area (Å²) in [7, 11) is 3.33. The Kier molecular flexibility index (Phi) is 6.93. The molecule has 0 spiro atoms. The van der Waals surface area contributed by atoms with Crippen LogP contribution in [0, 0.1) is 0 Å². The monoisotopic (exact) mass is 426 g/mol. The zero-order valence-electron chi connectivity index (χ0n) is 18.3. The maximum atomic E-state index is 6.23. The highest BCUT2D eigenvalue weighted by atomic mass is 16.5. The molecule has 0 saturated heterocycles. The average molecular weight is 427 g/mol. The molecule has 0 aliphatic carbocycles. The number of hydrogen-bond acceptors (Lipinski definition) is 4. The van der Waals surface area contributed by atoms with Gasteiger partial charge in [0.2, 0.25) is 0 Å². The summed E-state index contributed by atoms with van der Waals surface area (Å²) in [6.07, 6.45) is 0.717. The van der Waals surface area contributed by atoms with Gasteiger partial charge in [-0.25, -0.2) is 0 Å². The van der Waals surface area contributed by atoms with Gasteiger partial charge in [0, 0.05) is 12.5 Å². The van der Waals surface area contributed by atoms with Crippen LogP contribution in [0.25, 0.3) is 0 Å². The number of hydrogen-bond donors (Lipinski definition) is 0. The zero-order valence-corrected chi connectivity index (χ0v) is 18.3. The van der Waals surface area contributed by atoms with E-state index in [4.69, 9.17) is 18.9 Å². The SMILES string of the molecule is COc1cccc(Cc2ccc(OC)cc2Oc2ccc(OCc3ccccc3)cc2)c1. The van der Waals surface area contributed by atoms with Crippen molar-refractivity contribution in [2.45, 2.75) is 13.0 Å². The van der Waals surface area contributed by atoms with Crippen LogP contribution in [0.2, 0.25) is 0 Å². The minimum atomic E-state index is 0.529. The van der Waals surface area contributed by atoms with Crippen molar-refractivity contribution >= 4 is 0 Å². The lowest BCUT2D eigenvalue weighted by molar-refractivity contribution is 0.306. The molecule has 0 aliphatic rings. The Morgan fingerprint density at radius 2 is 1.22 bits per heavy atom. The van der Waals surface area contributed by atoms with Crippen LogP contribution in [-0.4, -0.2) is 14.2 Å². The van der Waals surface area contributed by atoms with Gasteiger partial charge in [0.25, 0.3) is 0 Å². The largest absolute Gasteiger partial charge is 0.497 e. The molecule has 4 nitrogen and oxygen atoms in total. The van der Waals surface area contributed by atoms with Crippen LogP contribution >= 0.6 is 0 Å². The van der Waals surface area contributed by atoms with E-state index in [2.05, 4.69) is 6.07 Å². The van der Waals surface area contributed by atoms with Crippen molar-refractivity contribution in [3.8, 4) is 28.7 Å². The van der Waals surface area contributed by atoms with Gasteiger partial charge in [-0.05, 0) is 59.2 Å². The Hall–Kier alpha value is -3.92. The second-order valence-electron chi connectivity index (χ2n) is 7.35. The summed E-state index contributed by atoms with van der Waals surface area (Å²) in [6.45, 7) is 0.529. The maximum absolute atomic E-state index is 6.23. The third kappa shape index (κ3) is 5.61. The summed E-state index contributed by atoms with van der Waals surface area (Å²) < 4.78 is 22.9. The Bertz CT molecular complexity index is 1140. The number of ether oxygens (including phenoxy) is 4. The van der Waals surface area contributed by atoms with Gasteiger partial charge >= 0.3 is 0 Å². The molecule has 0 amide bonds. The molecule has 32 heavy (non-hydrogen) atoms. The summed E-state index contributed by atoms with van der Waals surface area (Å²) in [5.74, 6) is 3.87. The Labute approximate surface area is 189 Å². The minimum absolute atomic E-state index is 0.529. The summed E-state index contributed by atoms with van der Waals surface area (Å²) >= 11 is 0. The topological polar surface area (TPSA) is 36.9 Å². The third-order valence-electron chi connectivity index (χ3n) is 5.10. The number of rotatable bonds is 9. The third-order valence-corrected chi connectivity index (χ3v) is 5.10. The van der Waals surface area contributed by atoms with E-state index in [1.807, 2.05) is 91.0 Å². The average Bonchev–Trinajstić information content (AvgIpc) is 2.85. The van der Waals surface area contributed by atoms with Crippen molar-refractivity contribution in [1.82, 2.24) is 0 Å². The van der Waals surface area contributed by atoms with Gasteiger partial charge in [0.1, 0.15) is 35.4 Å². The predicted octanol–water partition coefficient (Wildman–Crippen LogP) is 6.67. The molecule has 162 valence electrons. The fraction of sp³-hybridized carbons (Fsp3) is 0.143. The summed E-state index contributed by atoms with van der Waals surface area (Å²) in [5.41, 5.74) is 3.33. The van der Waals surface area contributed by atoms with Crippen molar-refractivity contribution in [2.75, 3.05) is 14.2 Å². The van der Waals surface area contributed by atoms with E-state index < -0.39 is 0 Å². The second kappa shape index (κ2) is 10.4. The standard InChI is InChI=1S/C28H26O4/c1-29-26-10-6-9-22(18-26)17-23-11-12-27(30-2)19-28(23)32-25-15-13-24(14-16-25)31-20-21-7-4-3-5-8-21/h3-16,18-19H,17,20H2,1-2H3. The van der Waals surface area contributed by atoms with Gasteiger partial charge in [-0.1, -0.05) is 48.5 Å². The molecule has 0 radical (unpaired) electrons. The van der Waals surface area contributed by atoms with Crippen LogP contribution in [0.5, 0.6) is 28.7 Å². The zero-order chi connectivity index (χ0) is 22.2. The molecule has 0 heterocycles. The summed E-state index contributed by atoms with van der Waals surface area (Å²) in [5, 5.41) is 0. The molecule has 0 fully saturated rings. The van der Waals surface area contributed by atoms with E-state index >= 15 is 0 Å². The van der Waals surface area contributed by atoms with E-state index in [0.29, 0.717) is 6.61 Å². The van der Waals surface area contributed by atoms with E-state index in [9.17, 15) is 0 Å². The molecule has 0 aromatic heterocycles. The molecule has 4 rings (SSSR count). The lowest BCUT2D eigenvalue weighted by Gasteiger charge is -2.14. The maximum Gasteiger partial charge on any atom is 0.134 e. The van der Waals surface area contributed by atoms with E-state index in [1.165, 1.54) is 0 Å². The van der Waals surface area contributed by atoms with Crippen LogP contribution in [0.1, 0.15) is 16.7 Å². The first kappa shape index (κ1) is 21.3. The van der Waals surface area contributed by atoms with Crippen molar-refractivity contribution in [3.63, 3.8) is 0 Å². The van der Waals surface area contributed by atoms with Crippen molar-refractivity contribution in [2.24, 2.45) is 0 Å². The quantitative estimate of drug-likeness (QED) is 0.300. The highest BCUT2D eigenvalue weighted by molar-refractivity contribution is 5.46. The number of methoxy groups -OCH3 is 2. The van der Waals surface area contributed by atoms with E-state index in [0.717, 1.165) is 51.9 Å². The Morgan fingerprint density at radius 1 is 0.562 bits per heavy atom. The second-order valence-corrected chi connectivity index (χ2v) is 7.35. The van der Waals surface area contributed by atoms with Gasteiger partial charge in [-0.15, -0.1) is 0 Å². The van der Waals surface area contributed by atoms with Gasteiger partial charge in [0.05, 0.1) is 14.2 Å². The molecule has 0 bridgehead atoms. The summed E-state index contributed by atoms with van der Waals surface area (Å²) in [4.78, 5) is 0. The van der Waals surface area contributed by atoms with Gasteiger partial charge in [0.15, 0.2) is 0 Å². The van der Waals surface area contributed by atoms with Gasteiger partial charge in [-0.3, -0.25) is 0 Å². The molecule has 4 aromatic carbocycles. The smallest absolute Gasteiger partial charge is 0.134 e. The highest BCUT2D eigenvalue weighted by Crippen LogP contribution is 2.32. The van der Waals surface area contributed by atoms with Gasteiger partial charge in [-0.2, -0.15) is 0 Å². The first-order valence-corrected chi connectivity index (χ1v) is 10.5. The van der Waals surface area contributed by atoms with Gasteiger partial charge < -0.3 is 18.9 Å². The molecule has 0 saturated carbocycles. The van der Waals surface area contributed by atoms with Crippen molar-refractivity contribution < 1.29 is 18.9 Å². The molecular weight excluding hydrogens is 400 g/mol. The van der Waals surface area contributed by atoms with Crippen LogP contribution in [0.3, 0.4) is 0 Å². The molecule has 0 atom stereocenters. The predicted molar refractivity (Wildman–Crippen MR) is 126 cm³/mol. The van der Waals surface area contributed by atoms with Crippen LogP contribution < -0.4 is 18.9 Å². The van der Waals surface area contributed by atoms with Crippen molar-refractivity contribution in [3.05, 3.63) is 114 Å².